The lowest BCUT2D eigenvalue weighted by Crippen LogP contribution is -2.24. The summed E-state index contributed by atoms with van der Waals surface area (Å²) in [5.74, 6) is -3.49. The second-order valence-electron chi connectivity index (χ2n) is 4.74. The number of anilines is 1. The van der Waals surface area contributed by atoms with Crippen molar-refractivity contribution in [3.05, 3.63) is 50.8 Å². The summed E-state index contributed by atoms with van der Waals surface area (Å²) in [5.41, 5.74) is 4.05. The summed E-state index contributed by atoms with van der Waals surface area (Å²) < 4.78 is 0. The van der Waals surface area contributed by atoms with E-state index >= 15 is 0 Å². The zero-order chi connectivity index (χ0) is 17.3. The van der Waals surface area contributed by atoms with E-state index < -0.39 is 34.4 Å². The van der Waals surface area contributed by atoms with Crippen molar-refractivity contribution in [3.63, 3.8) is 0 Å². The van der Waals surface area contributed by atoms with Gasteiger partial charge in [-0.2, -0.15) is 5.26 Å². The Labute approximate surface area is 129 Å². The van der Waals surface area contributed by atoms with Crippen LogP contribution in [0.4, 0.5) is 5.82 Å². The number of nitrogens with one attached hydrogen (secondary N) is 1. The van der Waals surface area contributed by atoms with Crippen LogP contribution >= 0.6 is 0 Å². The number of nitrogens with two attached hydrogens (primary N) is 1. The number of aromatic carboxylic acids is 2. The van der Waals surface area contributed by atoms with Gasteiger partial charge in [0.2, 0.25) is 0 Å². The van der Waals surface area contributed by atoms with Gasteiger partial charge in [0.15, 0.2) is 0 Å². The first-order chi connectivity index (χ1) is 10.8. The molecule has 0 unspecified atom stereocenters. The van der Waals surface area contributed by atoms with Gasteiger partial charge in [-0.15, -0.1) is 0 Å². The summed E-state index contributed by atoms with van der Waals surface area (Å²) in [6, 6.07) is 6.17. The molecule has 0 fully saturated rings. The maximum Gasteiger partial charge on any atom is 0.342 e. The van der Waals surface area contributed by atoms with Gasteiger partial charge in [0.05, 0.1) is 11.6 Å². The summed E-state index contributed by atoms with van der Waals surface area (Å²) in [6.45, 7) is 1.61. The van der Waals surface area contributed by atoms with Crippen LogP contribution in [0.1, 0.15) is 31.8 Å². The number of nitriles is 1. The molecule has 0 spiro atoms. The van der Waals surface area contributed by atoms with Crippen LogP contribution in [0.3, 0.4) is 0 Å². The molecule has 2 aromatic rings. The average Bonchev–Trinajstić information content (AvgIpc) is 2.45. The number of aryl methyl sites for hydroxylation is 1. The molecule has 23 heavy (non-hydrogen) atoms. The van der Waals surface area contributed by atoms with Crippen molar-refractivity contribution in [1.82, 2.24) is 4.98 Å². The van der Waals surface area contributed by atoms with Crippen LogP contribution in [0.15, 0.2) is 23.0 Å². The highest BCUT2D eigenvalue weighted by molar-refractivity contribution is 6.07. The molecule has 0 radical (unpaired) electrons. The second kappa shape index (κ2) is 5.65. The number of carboxylic acids is 2. The lowest BCUT2D eigenvalue weighted by molar-refractivity contribution is 0.0695. The van der Waals surface area contributed by atoms with E-state index in [1.807, 2.05) is 11.1 Å². The van der Waals surface area contributed by atoms with Crippen molar-refractivity contribution >= 4 is 17.8 Å². The fraction of sp³-hybridized carbons (Fsp3) is 0.0667. The van der Waals surface area contributed by atoms with Crippen molar-refractivity contribution in [1.29, 1.82) is 5.26 Å². The number of nitrogens with zero attached hydrogens (tertiary/aromatic N) is 1. The third-order valence-electron chi connectivity index (χ3n) is 3.31. The minimum Gasteiger partial charge on any atom is -0.478 e. The number of rotatable bonds is 3. The highest BCUT2D eigenvalue weighted by Gasteiger charge is 2.26. The highest BCUT2D eigenvalue weighted by atomic mass is 16.4. The topological polar surface area (TPSA) is 157 Å². The first-order valence-electron chi connectivity index (χ1n) is 6.31. The van der Waals surface area contributed by atoms with E-state index in [2.05, 4.69) is 0 Å². The number of benzene rings is 1. The highest BCUT2D eigenvalue weighted by Crippen LogP contribution is 2.30. The normalized spacial score (nSPS) is 10.1. The maximum atomic E-state index is 11.9. The van der Waals surface area contributed by atoms with E-state index in [1.54, 1.807) is 6.92 Å². The molecule has 1 heterocycles. The summed E-state index contributed by atoms with van der Waals surface area (Å²) in [6.07, 6.45) is 0. The molecule has 0 bridgehead atoms. The van der Waals surface area contributed by atoms with Gasteiger partial charge in [-0.05, 0) is 24.1 Å². The van der Waals surface area contributed by atoms with Crippen molar-refractivity contribution in [2.45, 2.75) is 6.92 Å². The first kappa shape index (κ1) is 15.8. The summed E-state index contributed by atoms with van der Waals surface area (Å²) >= 11 is 0. The molecule has 0 aliphatic rings. The minimum atomic E-state index is -1.58. The lowest BCUT2D eigenvalue weighted by atomic mass is 9.93. The monoisotopic (exact) mass is 313 g/mol. The van der Waals surface area contributed by atoms with E-state index in [-0.39, 0.29) is 11.1 Å². The van der Waals surface area contributed by atoms with Crippen molar-refractivity contribution in [2.75, 3.05) is 5.73 Å². The first-order valence-corrected chi connectivity index (χ1v) is 6.31. The molecule has 1 aromatic heterocycles. The smallest absolute Gasteiger partial charge is 0.342 e. The zero-order valence-corrected chi connectivity index (χ0v) is 11.9. The molecule has 0 atom stereocenters. The second-order valence-corrected chi connectivity index (χ2v) is 4.74. The molecule has 0 amide bonds. The van der Waals surface area contributed by atoms with Gasteiger partial charge < -0.3 is 20.9 Å². The Bertz CT molecular complexity index is 937. The average molecular weight is 313 g/mol. The molecule has 0 saturated carbocycles. The van der Waals surface area contributed by atoms with Crippen LogP contribution in [0.5, 0.6) is 0 Å². The number of hydrogen-bond donors (Lipinski definition) is 4. The standard InChI is InChI=1S/C15H11N3O5/c1-6-4-7(2-3-8(6)5-16)9-10(14(20)21)12(17)18-13(19)11(9)15(22)23/h2-4H,1H3,(H,20,21)(H,22,23)(H3,17,18,19). The third kappa shape index (κ3) is 2.63. The number of pyridine rings is 1. The molecule has 8 nitrogen and oxygen atoms in total. The minimum absolute atomic E-state index is 0.175. The van der Waals surface area contributed by atoms with E-state index in [0.717, 1.165) is 0 Å². The van der Waals surface area contributed by atoms with Gasteiger partial charge in [-0.1, -0.05) is 12.1 Å². The number of hydrogen-bond acceptors (Lipinski definition) is 5. The summed E-state index contributed by atoms with van der Waals surface area (Å²) in [7, 11) is 0. The van der Waals surface area contributed by atoms with Crippen LogP contribution in [-0.2, 0) is 0 Å². The van der Waals surface area contributed by atoms with Crippen molar-refractivity contribution in [3.8, 4) is 17.2 Å². The predicted molar refractivity (Wildman–Crippen MR) is 80.3 cm³/mol. The van der Waals surface area contributed by atoms with E-state index in [1.165, 1.54) is 18.2 Å². The Morgan fingerprint density at radius 2 is 1.83 bits per heavy atom. The fourth-order valence-electron chi connectivity index (χ4n) is 2.28. The SMILES string of the molecule is Cc1cc(-c2c(C(=O)O)c(N)[nH]c(=O)c2C(=O)O)ccc1C#N. The number of carboxylic acid groups (broad SMARTS) is 2. The van der Waals surface area contributed by atoms with Crippen LogP contribution in [-0.4, -0.2) is 27.1 Å². The van der Waals surface area contributed by atoms with Crippen LogP contribution < -0.4 is 11.3 Å². The quantitative estimate of drug-likeness (QED) is 0.662. The van der Waals surface area contributed by atoms with E-state index in [9.17, 15) is 24.6 Å². The molecule has 0 saturated heterocycles. The van der Waals surface area contributed by atoms with Gasteiger partial charge in [0, 0.05) is 5.56 Å². The molecule has 1 aromatic carbocycles. The summed E-state index contributed by atoms with van der Waals surface area (Å²) in [4.78, 5) is 36.8. The Hall–Kier alpha value is -3.60. The largest absolute Gasteiger partial charge is 0.478 e. The molecule has 8 heteroatoms. The van der Waals surface area contributed by atoms with Crippen molar-refractivity contribution < 1.29 is 19.8 Å². The fourth-order valence-corrected chi connectivity index (χ4v) is 2.28. The molecular formula is C15H11N3O5. The summed E-state index contributed by atoms with van der Waals surface area (Å²) in [5, 5.41) is 27.5. The Kier molecular flexibility index (Phi) is 3.88. The van der Waals surface area contributed by atoms with Gasteiger partial charge in [-0.25, -0.2) is 9.59 Å². The Morgan fingerprint density at radius 1 is 1.22 bits per heavy atom. The number of H-pyrrole nitrogens is 1. The van der Waals surface area contributed by atoms with Crippen LogP contribution in [0.25, 0.3) is 11.1 Å². The zero-order valence-electron chi connectivity index (χ0n) is 11.9. The van der Waals surface area contributed by atoms with Crippen molar-refractivity contribution in [2.24, 2.45) is 0 Å². The van der Waals surface area contributed by atoms with Gasteiger partial charge in [0.1, 0.15) is 16.9 Å². The van der Waals surface area contributed by atoms with E-state index in [4.69, 9.17) is 11.0 Å². The molecule has 2 rings (SSSR count). The Morgan fingerprint density at radius 3 is 2.30 bits per heavy atom. The van der Waals surface area contributed by atoms with Gasteiger partial charge in [0.25, 0.3) is 5.56 Å². The van der Waals surface area contributed by atoms with E-state index in [0.29, 0.717) is 11.1 Å². The number of nitrogen functional groups attached to an aromatic ring is 1. The molecule has 116 valence electrons. The molecule has 0 aliphatic carbocycles. The molecule has 5 N–H and O–H groups in total. The third-order valence-corrected chi connectivity index (χ3v) is 3.31. The van der Waals surface area contributed by atoms with Gasteiger partial charge in [-0.3, -0.25) is 4.79 Å². The maximum absolute atomic E-state index is 11.9. The van der Waals surface area contributed by atoms with Gasteiger partial charge >= 0.3 is 11.9 Å². The molecular weight excluding hydrogens is 302 g/mol. The number of aromatic nitrogens is 1. The number of carbonyl (C=O) groups is 2. The van der Waals surface area contributed by atoms with Crippen LogP contribution in [0.2, 0.25) is 0 Å². The lowest BCUT2D eigenvalue weighted by Gasteiger charge is -2.13. The predicted octanol–water partition coefficient (Wildman–Crippen LogP) is 1.20. The number of aromatic amines is 1. The molecule has 0 aliphatic heterocycles. The Balaban J connectivity index is 2.97. The van der Waals surface area contributed by atoms with Crippen LogP contribution in [0, 0.1) is 18.3 Å².